The number of hydrogen-bond donors (Lipinski definition) is 1. The molecule has 0 spiro atoms. The molecule has 1 aromatic carbocycles. The highest BCUT2D eigenvalue weighted by molar-refractivity contribution is 5.92. The largest absolute Gasteiger partial charge is 0.478 e. The van der Waals surface area contributed by atoms with Gasteiger partial charge in [-0.1, -0.05) is 6.07 Å². The standard InChI is InChI=1S/C24H28N6O2/c31-21-8-6-18-7-9-22(28-24(18)27-21)32-17-2-1-12-29-13-15-30(16-14-29)20-5-3-4-19-23(20)26-11-10-25-19/h3-5,7,9-11H,1-2,6,8,12-17H2,(H,27,28,31). The van der Waals surface area contributed by atoms with E-state index in [2.05, 4.69) is 42.2 Å². The molecule has 1 fully saturated rings. The van der Waals surface area contributed by atoms with Crippen molar-refractivity contribution in [3.8, 4) is 5.88 Å². The van der Waals surface area contributed by atoms with E-state index >= 15 is 0 Å². The maximum Gasteiger partial charge on any atom is 0.225 e. The van der Waals surface area contributed by atoms with Gasteiger partial charge in [0.25, 0.3) is 0 Å². The van der Waals surface area contributed by atoms with Crippen molar-refractivity contribution in [3.05, 3.63) is 48.3 Å². The maximum atomic E-state index is 11.5. The number of carbonyl (C=O) groups excluding carboxylic acids is 1. The summed E-state index contributed by atoms with van der Waals surface area (Å²) in [4.78, 5) is 29.9. The van der Waals surface area contributed by atoms with Gasteiger partial charge in [-0.05, 0) is 49.6 Å². The molecule has 0 saturated carbocycles. The second-order valence-corrected chi connectivity index (χ2v) is 8.29. The van der Waals surface area contributed by atoms with Crippen LogP contribution in [0.1, 0.15) is 24.8 Å². The number of amides is 1. The number of piperazine rings is 1. The predicted octanol–water partition coefficient (Wildman–Crippen LogP) is 2.89. The molecule has 0 radical (unpaired) electrons. The Labute approximate surface area is 187 Å². The molecule has 166 valence electrons. The summed E-state index contributed by atoms with van der Waals surface area (Å²) in [6.45, 7) is 5.79. The lowest BCUT2D eigenvalue weighted by Gasteiger charge is -2.36. The van der Waals surface area contributed by atoms with Crippen LogP contribution >= 0.6 is 0 Å². The fraction of sp³-hybridized carbons (Fsp3) is 0.417. The zero-order valence-corrected chi connectivity index (χ0v) is 18.2. The van der Waals surface area contributed by atoms with Gasteiger partial charge in [-0.15, -0.1) is 0 Å². The van der Waals surface area contributed by atoms with Gasteiger partial charge in [0.2, 0.25) is 11.8 Å². The van der Waals surface area contributed by atoms with Crippen LogP contribution in [0.4, 0.5) is 11.5 Å². The summed E-state index contributed by atoms with van der Waals surface area (Å²) >= 11 is 0. The third-order valence-electron chi connectivity index (χ3n) is 6.14. The number of fused-ring (bicyclic) bond motifs is 2. The average Bonchev–Trinajstić information content (AvgIpc) is 2.83. The Kier molecular flexibility index (Phi) is 6.11. The van der Waals surface area contributed by atoms with Crippen LogP contribution in [0.2, 0.25) is 0 Å². The van der Waals surface area contributed by atoms with E-state index in [-0.39, 0.29) is 5.91 Å². The van der Waals surface area contributed by atoms with Gasteiger partial charge in [-0.2, -0.15) is 4.98 Å². The van der Waals surface area contributed by atoms with Gasteiger partial charge in [0, 0.05) is 51.1 Å². The molecule has 8 nitrogen and oxygen atoms in total. The van der Waals surface area contributed by atoms with E-state index < -0.39 is 0 Å². The third kappa shape index (κ3) is 4.65. The summed E-state index contributed by atoms with van der Waals surface area (Å²) in [6, 6.07) is 10.1. The highest BCUT2D eigenvalue weighted by Gasteiger charge is 2.19. The first-order valence-corrected chi connectivity index (χ1v) is 11.4. The molecule has 0 bridgehead atoms. The topological polar surface area (TPSA) is 83.5 Å². The fourth-order valence-electron chi connectivity index (χ4n) is 4.36. The van der Waals surface area contributed by atoms with E-state index in [1.54, 1.807) is 12.4 Å². The van der Waals surface area contributed by atoms with Gasteiger partial charge in [0.15, 0.2) is 0 Å². The van der Waals surface area contributed by atoms with E-state index in [0.717, 1.165) is 68.6 Å². The molecule has 32 heavy (non-hydrogen) atoms. The molecule has 0 unspecified atom stereocenters. The molecule has 0 aliphatic carbocycles. The van der Waals surface area contributed by atoms with Crippen molar-refractivity contribution in [1.82, 2.24) is 19.9 Å². The number of ether oxygens (including phenoxy) is 1. The molecule has 2 aliphatic rings. The summed E-state index contributed by atoms with van der Waals surface area (Å²) in [7, 11) is 0. The zero-order valence-electron chi connectivity index (χ0n) is 18.2. The summed E-state index contributed by atoms with van der Waals surface area (Å²) in [5, 5.41) is 2.82. The van der Waals surface area contributed by atoms with Crippen molar-refractivity contribution >= 4 is 28.4 Å². The first kappa shape index (κ1) is 20.6. The first-order chi connectivity index (χ1) is 15.8. The van der Waals surface area contributed by atoms with Crippen molar-refractivity contribution in [2.45, 2.75) is 25.7 Å². The highest BCUT2D eigenvalue weighted by atomic mass is 16.5. The molecule has 1 amide bonds. The van der Waals surface area contributed by atoms with Crippen LogP contribution in [0.15, 0.2) is 42.7 Å². The number of rotatable bonds is 7. The second kappa shape index (κ2) is 9.48. The molecule has 4 heterocycles. The van der Waals surface area contributed by atoms with Gasteiger partial charge in [-0.3, -0.25) is 19.7 Å². The van der Waals surface area contributed by atoms with Gasteiger partial charge >= 0.3 is 0 Å². The van der Waals surface area contributed by atoms with Crippen LogP contribution in [-0.4, -0.2) is 65.1 Å². The van der Waals surface area contributed by atoms with Crippen molar-refractivity contribution < 1.29 is 9.53 Å². The Morgan fingerprint density at radius 2 is 1.84 bits per heavy atom. The lowest BCUT2D eigenvalue weighted by Crippen LogP contribution is -2.46. The minimum absolute atomic E-state index is 0.0237. The van der Waals surface area contributed by atoms with Gasteiger partial charge < -0.3 is 15.0 Å². The lowest BCUT2D eigenvalue weighted by atomic mass is 10.1. The zero-order chi connectivity index (χ0) is 21.8. The second-order valence-electron chi connectivity index (χ2n) is 8.29. The van der Waals surface area contributed by atoms with Crippen LogP contribution in [0.3, 0.4) is 0 Å². The number of aryl methyl sites for hydroxylation is 1. The van der Waals surface area contributed by atoms with Gasteiger partial charge in [0.1, 0.15) is 11.3 Å². The van der Waals surface area contributed by atoms with Crippen molar-refractivity contribution in [1.29, 1.82) is 0 Å². The first-order valence-electron chi connectivity index (χ1n) is 11.4. The number of unbranched alkanes of at least 4 members (excludes halogenated alkanes) is 1. The number of anilines is 2. The molecule has 3 aromatic rings. The molecule has 8 heteroatoms. The van der Waals surface area contributed by atoms with E-state index in [0.29, 0.717) is 24.7 Å². The molecular weight excluding hydrogens is 404 g/mol. The molecule has 2 aliphatic heterocycles. The molecule has 5 rings (SSSR count). The predicted molar refractivity (Wildman–Crippen MR) is 124 cm³/mol. The molecule has 0 atom stereocenters. The fourth-order valence-corrected chi connectivity index (χ4v) is 4.36. The number of hydrogen-bond acceptors (Lipinski definition) is 7. The lowest BCUT2D eigenvalue weighted by molar-refractivity contribution is -0.116. The SMILES string of the molecule is O=C1CCc2ccc(OCCCCN3CCN(c4cccc5nccnc45)CC3)nc2N1. The number of benzene rings is 1. The Hall–Kier alpha value is -3.26. The van der Waals surface area contributed by atoms with Crippen LogP contribution < -0.4 is 15.0 Å². The third-order valence-corrected chi connectivity index (χ3v) is 6.14. The van der Waals surface area contributed by atoms with E-state index in [9.17, 15) is 4.79 Å². The normalized spacial score (nSPS) is 16.6. The number of nitrogens with zero attached hydrogens (tertiary/aromatic N) is 5. The van der Waals surface area contributed by atoms with Crippen LogP contribution in [0.5, 0.6) is 5.88 Å². The van der Waals surface area contributed by atoms with Gasteiger partial charge in [-0.25, -0.2) is 0 Å². The van der Waals surface area contributed by atoms with Crippen molar-refractivity contribution in [2.24, 2.45) is 0 Å². The number of pyridine rings is 1. The monoisotopic (exact) mass is 432 g/mol. The van der Waals surface area contributed by atoms with Gasteiger partial charge in [0.05, 0.1) is 17.8 Å². The van der Waals surface area contributed by atoms with E-state index in [1.165, 1.54) is 5.69 Å². The Balaban J connectivity index is 1.04. The number of para-hydroxylation sites is 1. The Morgan fingerprint density at radius 1 is 0.969 bits per heavy atom. The van der Waals surface area contributed by atoms with Crippen molar-refractivity contribution in [3.63, 3.8) is 0 Å². The number of carbonyl (C=O) groups is 1. The highest BCUT2D eigenvalue weighted by Crippen LogP contribution is 2.25. The number of aromatic nitrogens is 3. The summed E-state index contributed by atoms with van der Waals surface area (Å²) in [5.41, 5.74) is 4.18. The van der Waals surface area contributed by atoms with Crippen LogP contribution in [0.25, 0.3) is 11.0 Å². The molecule has 1 saturated heterocycles. The molecular formula is C24H28N6O2. The smallest absolute Gasteiger partial charge is 0.225 e. The summed E-state index contributed by atoms with van der Waals surface area (Å²) in [6.07, 6.45) is 6.84. The summed E-state index contributed by atoms with van der Waals surface area (Å²) in [5.74, 6) is 1.25. The van der Waals surface area contributed by atoms with E-state index in [1.807, 2.05) is 18.2 Å². The number of nitrogens with one attached hydrogen (secondary N) is 1. The van der Waals surface area contributed by atoms with Crippen molar-refractivity contribution in [2.75, 3.05) is 49.5 Å². The Morgan fingerprint density at radius 3 is 2.75 bits per heavy atom. The minimum atomic E-state index is 0.0237. The molecule has 1 N–H and O–H groups in total. The maximum absolute atomic E-state index is 11.5. The summed E-state index contributed by atoms with van der Waals surface area (Å²) < 4.78 is 5.81. The molecule has 2 aromatic heterocycles. The Bertz CT molecular complexity index is 1090. The van der Waals surface area contributed by atoms with Crippen LogP contribution in [0, 0.1) is 0 Å². The van der Waals surface area contributed by atoms with Crippen LogP contribution in [-0.2, 0) is 11.2 Å². The average molecular weight is 433 g/mol. The van der Waals surface area contributed by atoms with E-state index in [4.69, 9.17) is 4.74 Å². The minimum Gasteiger partial charge on any atom is -0.478 e. The quantitative estimate of drug-likeness (QED) is 0.575.